The van der Waals surface area contributed by atoms with Crippen LogP contribution in [0.25, 0.3) is 0 Å². The van der Waals surface area contributed by atoms with Crippen molar-refractivity contribution in [3.8, 4) is 0 Å². The number of carbonyl (C=O) groups is 1. The van der Waals surface area contributed by atoms with Crippen molar-refractivity contribution in [1.29, 1.82) is 0 Å². The number of nitrogens with zero attached hydrogens (tertiary/aromatic N) is 2. The number of hydrogen-bond donors (Lipinski definition) is 1. The van der Waals surface area contributed by atoms with Crippen molar-refractivity contribution in [1.82, 2.24) is 4.90 Å². The topological polar surface area (TPSA) is 69.7 Å². The number of piperazine rings is 1. The fraction of sp³-hybridized carbons (Fsp3) is 0.174. The predicted octanol–water partition coefficient (Wildman–Crippen LogP) is 4.38. The number of carbonyl (C=O) groups excluding carboxylic acids is 1. The van der Waals surface area contributed by atoms with Crippen LogP contribution in [0.4, 0.5) is 20.2 Å². The standard InChI is InChI=1S/C23H20ClF2N3O3S/c24-20-10-9-18(33(31,32)27-17-7-5-16(25)6-8-17)15-19(20)23(30)29-13-11-28(12-14-29)22-4-2-1-3-21(22)26/h1-10,15,27H,11-14H2. The van der Waals surface area contributed by atoms with Gasteiger partial charge in [-0.05, 0) is 54.6 Å². The van der Waals surface area contributed by atoms with E-state index in [1.54, 1.807) is 23.1 Å². The van der Waals surface area contributed by atoms with Gasteiger partial charge in [-0.3, -0.25) is 9.52 Å². The summed E-state index contributed by atoms with van der Waals surface area (Å²) >= 11 is 6.22. The summed E-state index contributed by atoms with van der Waals surface area (Å²) in [7, 11) is -4.03. The highest BCUT2D eigenvalue weighted by atomic mass is 35.5. The van der Waals surface area contributed by atoms with E-state index in [4.69, 9.17) is 11.6 Å². The fourth-order valence-corrected chi connectivity index (χ4v) is 4.88. The van der Waals surface area contributed by atoms with E-state index in [1.165, 1.54) is 36.4 Å². The molecule has 1 N–H and O–H groups in total. The molecule has 1 amide bonds. The van der Waals surface area contributed by atoms with Crippen molar-refractivity contribution in [3.05, 3.63) is 89.0 Å². The second kappa shape index (κ2) is 9.36. The summed E-state index contributed by atoms with van der Waals surface area (Å²) in [5.74, 6) is -1.23. The highest BCUT2D eigenvalue weighted by Crippen LogP contribution is 2.26. The number of amides is 1. The number of hydrogen-bond acceptors (Lipinski definition) is 4. The van der Waals surface area contributed by atoms with E-state index in [0.717, 1.165) is 12.1 Å². The number of anilines is 2. The lowest BCUT2D eigenvalue weighted by Crippen LogP contribution is -2.49. The van der Waals surface area contributed by atoms with Crippen LogP contribution in [0.2, 0.25) is 5.02 Å². The zero-order valence-corrected chi connectivity index (χ0v) is 18.9. The minimum absolute atomic E-state index is 0.0537. The molecule has 33 heavy (non-hydrogen) atoms. The van der Waals surface area contributed by atoms with Gasteiger partial charge in [-0.15, -0.1) is 0 Å². The normalized spacial score (nSPS) is 14.3. The van der Waals surface area contributed by atoms with Crippen LogP contribution in [0.5, 0.6) is 0 Å². The minimum Gasteiger partial charge on any atom is -0.366 e. The lowest BCUT2D eigenvalue weighted by Gasteiger charge is -2.36. The van der Waals surface area contributed by atoms with Gasteiger partial charge in [0.05, 0.1) is 21.2 Å². The molecular formula is C23H20ClF2N3O3S. The van der Waals surface area contributed by atoms with Crippen LogP contribution in [-0.2, 0) is 10.0 Å². The first-order valence-corrected chi connectivity index (χ1v) is 12.0. The third-order valence-corrected chi connectivity index (χ3v) is 7.04. The Hall–Kier alpha value is -3.17. The smallest absolute Gasteiger partial charge is 0.261 e. The highest BCUT2D eigenvalue weighted by Gasteiger charge is 2.26. The Morgan fingerprint density at radius 2 is 1.58 bits per heavy atom. The van der Waals surface area contributed by atoms with E-state index in [0.29, 0.717) is 31.9 Å². The number of rotatable bonds is 5. The van der Waals surface area contributed by atoms with E-state index >= 15 is 0 Å². The SMILES string of the molecule is O=C(c1cc(S(=O)(=O)Nc2ccc(F)cc2)ccc1Cl)N1CCN(c2ccccc2F)CC1. The molecule has 0 aliphatic carbocycles. The third-order valence-electron chi connectivity index (χ3n) is 5.33. The number of nitrogens with one attached hydrogen (secondary N) is 1. The van der Waals surface area contributed by atoms with Gasteiger partial charge in [-0.1, -0.05) is 23.7 Å². The van der Waals surface area contributed by atoms with Crippen molar-refractivity contribution in [3.63, 3.8) is 0 Å². The van der Waals surface area contributed by atoms with Gasteiger partial charge in [0.15, 0.2) is 0 Å². The molecule has 0 radical (unpaired) electrons. The van der Waals surface area contributed by atoms with Crippen molar-refractivity contribution < 1.29 is 22.0 Å². The molecule has 1 aliphatic heterocycles. The van der Waals surface area contributed by atoms with Gasteiger partial charge < -0.3 is 9.80 Å². The van der Waals surface area contributed by atoms with Crippen LogP contribution in [0.15, 0.2) is 71.6 Å². The van der Waals surface area contributed by atoms with Crippen LogP contribution in [0, 0.1) is 11.6 Å². The molecule has 1 aliphatic rings. The van der Waals surface area contributed by atoms with E-state index in [-0.39, 0.29) is 27.0 Å². The molecule has 1 fully saturated rings. The molecule has 0 unspecified atom stereocenters. The molecule has 172 valence electrons. The fourth-order valence-electron chi connectivity index (χ4n) is 3.60. The maximum absolute atomic E-state index is 14.1. The van der Waals surface area contributed by atoms with Crippen molar-refractivity contribution >= 4 is 38.9 Å². The largest absolute Gasteiger partial charge is 0.366 e. The van der Waals surface area contributed by atoms with Gasteiger partial charge in [0.1, 0.15) is 11.6 Å². The van der Waals surface area contributed by atoms with E-state index < -0.39 is 21.7 Å². The van der Waals surface area contributed by atoms with Crippen molar-refractivity contribution in [2.24, 2.45) is 0 Å². The Bertz CT molecular complexity index is 1280. The van der Waals surface area contributed by atoms with Gasteiger partial charge in [0.25, 0.3) is 15.9 Å². The Kier molecular flexibility index (Phi) is 6.53. The molecule has 0 bridgehead atoms. The predicted molar refractivity (Wildman–Crippen MR) is 123 cm³/mol. The van der Waals surface area contributed by atoms with Crippen LogP contribution in [0.3, 0.4) is 0 Å². The quantitative estimate of drug-likeness (QED) is 0.575. The second-order valence-corrected chi connectivity index (χ2v) is 9.57. The third kappa shape index (κ3) is 5.09. The Balaban J connectivity index is 1.50. The Morgan fingerprint density at radius 3 is 2.24 bits per heavy atom. The summed E-state index contributed by atoms with van der Waals surface area (Å²) in [6.45, 7) is 1.51. The average Bonchev–Trinajstić information content (AvgIpc) is 2.81. The lowest BCUT2D eigenvalue weighted by molar-refractivity contribution is 0.0746. The minimum atomic E-state index is -4.03. The van der Waals surface area contributed by atoms with Crippen molar-refractivity contribution in [2.75, 3.05) is 35.8 Å². The second-order valence-electron chi connectivity index (χ2n) is 7.48. The summed E-state index contributed by atoms with van der Waals surface area (Å²) in [6.07, 6.45) is 0. The van der Waals surface area contributed by atoms with Crippen LogP contribution < -0.4 is 9.62 Å². The van der Waals surface area contributed by atoms with Crippen molar-refractivity contribution in [2.45, 2.75) is 4.90 Å². The maximum atomic E-state index is 14.1. The first-order valence-electron chi connectivity index (χ1n) is 10.1. The Morgan fingerprint density at radius 1 is 0.909 bits per heavy atom. The lowest BCUT2D eigenvalue weighted by atomic mass is 10.1. The summed E-state index contributed by atoms with van der Waals surface area (Å²) in [5, 5.41) is 0.122. The molecule has 0 spiro atoms. The maximum Gasteiger partial charge on any atom is 0.261 e. The number of sulfonamides is 1. The van der Waals surface area contributed by atoms with Gasteiger partial charge in [0.2, 0.25) is 0 Å². The molecule has 0 atom stereocenters. The first kappa shape index (κ1) is 23.0. The zero-order chi connectivity index (χ0) is 23.6. The molecule has 0 saturated carbocycles. The summed E-state index contributed by atoms with van der Waals surface area (Å²) in [6, 6.07) is 15.2. The number of halogens is 3. The molecule has 6 nitrogen and oxygen atoms in total. The molecule has 1 saturated heterocycles. The summed E-state index contributed by atoms with van der Waals surface area (Å²) < 4.78 is 55.0. The number of para-hydroxylation sites is 1. The summed E-state index contributed by atoms with van der Waals surface area (Å²) in [5.41, 5.74) is 0.712. The van der Waals surface area contributed by atoms with E-state index in [2.05, 4.69) is 4.72 Å². The molecule has 3 aromatic rings. The van der Waals surface area contributed by atoms with Crippen LogP contribution in [0.1, 0.15) is 10.4 Å². The highest BCUT2D eigenvalue weighted by molar-refractivity contribution is 7.92. The first-order chi connectivity index (χ1) is 15.7. The Labute approximate surface area is 195 Å². The zero-order valence-electron chi connectivity index (χ0n) is 17.3. The van der Waals surface area contributed by atoms with Gasteiger partial charge in [-0.2, -0.15) is 0 Å². The van der Waals surface area contributed by atoms with E-state index in [9.17, 15) is 22.0 Å². The van der Waals surface area contributed by atoms with Crippen LogP contribution >= 0.6 is 11.6 Å². The summed E-state index contributed by atoms with van der Waals surface area (Å²) in [4.78, 5) is 16.4. The van der Waals surface area contributed by atoms with Gasteiger partial charge >= 0.3 is 0 Å². The molecular weight excluding hydrogens is 472 g/mol. The molecule has 10 heteroatoms. The monoisotopic (exact) mass is 491 g/mol. The molecule has 3 aromatic carbocycles. The number of benzene rings is 3. The average molecular weight is 492 g/mol. The molecule has 0 aromatic heterocycles. The van der Waals surface area contributed by atoms with Gasteiger partial charge in [0, 0.05) is 31.9 Å². The van der Waals surface area contributed by atoms with E-state index in [1.807, 2.05) is 4.90 Å². The van der Waals surface area contributed by atoms with Crippen LogP contribution in [-0.4, -0.2) is 45.4 Å². The molecule has 4 rings (SSSR count). The van der Waals surface area contributed by atoms with Gasteiger partial charge in [-0.25, -0.2) is 17.2 Å². The molecule has 1 heterocycles.